The molecule has 0 amide bonds. The van der Waals surface area contributed by atoms with Crippen LogP contribution in [0.25, 0.3) is 0 Å². The van der Waals surface area contributed by atoms with Crippen molar-refractivity contribution in [1.29, 1.82) is 0 Å². The molecule has 24 heavy (non-hydrogen) atoms. The number of hydrogen-bond donors (Lipinski definition) is 0. The molecule has 0 saturated heterocycles. The average molecular weight is 320 g/mol. The highest BCUT2D eigenvalue weighted by molar-refractivity contribution is 6.05. The number of carbonyl (C=O) groups excluding carboxylic acids is 3. The van der Waals surface area contributed by atoms with Gasteiger partial charge in [-0.1, -0.05) is 60.7 Å². The van der Waals surface area contributed by atoms with Gasteiger partial charge in [-0.05, 0) is 12.8 Å². The van der Waals surface area contributed by atoms with Crippen molar-refractivity contribution >= 4 is 17.3 Å². The lowest BCUT2D eigenvalue weighted by Crippen LogP contribution is -2.29. The van der Waals surface area contributed by atoms with Gasteiger partial charge in [-0.3, -0.25) is 14.4 Å². The normalized spacial score (nSPS) is 18.3. The van der Waals surface area contributed by atoms with Crippen molar-refractivity contribution in [1.82, 2.24) is 0 Å². The Morgan fingerprint density at radius 3 is 2.04 bits per heavy atom. The second-order valence-electron chi connectivity index (χ2n) is 6.30. The Morgan fingerprint density at radius 1 is 0.917 bits per heavy atom. The highest BCUT2D eigenvalue weighted by atomic mass is 16.1. The monoisotopic (exact) mass is 320 g/mol. The molecule has 1 saturated carbocycles. The van der Waals surface area contributed by atoms with Crippen LogP contribution in [0.5, 0.6) is 0 Å². The molecule has 3 rings (SSSR count). The average Bonchev–Trinajstić information content (AvgIpc) is 3.06. The van der Waals surface area contributed by atoms with Crippen molar-refractivity contribution in [2.24, 2.45) is 11.8 Å². The first kappa shape index (κ1) is 16.3. The van der Waals surface area contributed by atoms with E-state index in [-0.39, 0.29) is 29.7 Å². The minimum absolute atomic E-state index is 0.0791. The zero-order valence-electron chi connectivity index (χ0n) is 13.5. The maximum absolute atomic E-state index is 12.9. The molecule has 1 fully saturated rings. The van der Waals surface area contributed by atoms with Crippen molar-refractivity contribution in [2.75, 3.05) is 0 Å². The van der Waals surface area contributed by atoms with E-state index in [1.54, 1.807) is 36.4 Å². The van der Waals surface area contributed by atoms with Crippen molar-refractivity contribution in [3.63, 3.8) is 0 Å². The summed E-state index contributed by atoms with van der Waals surface area (Å²) in [6, 6.07) is 17.9. The van der Waals surface area contributed by atoms with Gasteiger partial charge >= 0.3 is 0 Å². The Bertz CT molecular complexity index is 734. The molecule has 0 aromatic heterocycles. The SMILES string of the molecule is O=C(CC(C(=O)c1ccccc1)C1CCCC1=O)c1ccccc1. The van der Waals surface area contributed by atoms with E-state index in [1.807, 2.05) is 24.3 Å². The fourth-order valence-corrected chi connectivity index (χ4v) is 3.44. The molecule has 0 heterocycles. The minimum Gasteiger partial charge on any atom is -0.299 e. The molecule has 2 aromatic carbocycles. The topological polar surface area (TPSA) is 51.2 Å². The van der Waals surface area contributed by atoms with Crippen molar-refractivity contribution in [3.8, 4) is 0 Å². The molecule has 0 aliphatic heterocycles. The van der Waals surface area contributed by atoms with E-state index >= 15 is 0 Å². The number of carbonyl (C=O) groups is 3. The van der Waals surface area contributed by atoms with E-state index in [1.165, 1.54) is 0 Å². The summed E-state index contributed by atoms with van der Waals surface area (Å²) in [5.41, 5.74) is 1.16. The molecule has 0 spiro atoms. The highest BCUT2D eigenvalue weighted by Gasteiger charge is 2.37. The molecule has 1 aliphatic carbocycles. The lowest BCUT2D eigenvalue weighted by Gasteiger charge is -2.21. The van der Waals surface area contributed by atoms with Gasteiger partial charge in [0.1, 0.15) is 5.78 Å². The summed E-state index contributed by atoms with van der Waals surface area (Å²) in [6.07, 6.45) is 2.11. The van der Waals surface area contributed by atoms with Crippen molar-refractivity contribution in [3.05, 3.63) is 71.8 Å². The fourth-order valence-electron chi connectivity index (χ4n) is 3.44. The van der Waals surface area contributed by atoms with Gasteiger partial charge in [0, 0.05) is 35.8 Å². The highest BCUT2D eigenvalue weighted by Crippen LogP contribution is 2.33. The maximum atomic E-state index is 12.9. The molecular weight excluding hydrogens is 300 g/mol. The Balaban J connectivity index is 1.86. The zero-order valence-corrected chi connectivity index (χ0v) is 13.5. The summed E-state index contributed by atoms with van der Waals surface area (Å²) in [4.78, 5) is 37.7. The summed E-state index contributed by atoms with van der Waals surface area (Å²) in [7, 11) is 0. The van der Waals surface area contributed by atoms with Gasteiger partial charge in [-0.25, -0.2) is 0 Å². The molecule has 0 N–H and O–H groups in total. The molecule has 122 valence electrons. The molecule has 3 heteroatoms. The van der Waals surface area contributed by atoms with Gasteiger partial charge in [0.2, 0.25) is 0 Å². The van der Waals surface area contributed by atoms with Crippen LogP contribution in [0.15, 0.2) is 60.7 Å². The van der Waals surface area contributed by atoms with Gasteiger partial charge in [-0.2, -0.15) is 0 Å². The Labute approximate surface area is 141 Å². The number of rotatable bonds is 6. The quantitative estimate of drug-likeness (QED) is 0.752. The fraction of sp³-hybridized carbons (Fsp3) is 0.286. The molecule has 2 aromatic rings. The summed E-state index contributed by atoms with van der Waals surface area (Å²) >= 11 is 0. The summed E-state index contributed by atoms with van der Waals surface area (Å²) in [5, 5.41) is 0. The second-order valence-corrected chi connectivity index (χ2v) is 6.30. The van der Waals surface area contributed by atoms with Crippen LogP contribution >= 0.6 is 0 Å². The van der Waals surface area contributed by atoms with Crippen LogP contribution in [0, 0.1) is 11.8 Å². The molecular formula is C21H20O3. The van der Waals surface area contributed by atoms with Gasteiger partial charge in [0.15, 0.2) is 11.6 Å². The molecule has 0 bridgehead atoms. The molecule has 2 atom stereocenters. The van der Waals surface area contributed by atoms with E-state index in [0.29, 0.717) is 24.0 Å². The van der Waals surface area contributed by atoms with Gasteiger partial charge in [-0.15, -0.1) is 0 Å². The zero-order chi connectivity index (χ0) is 16.9. The van der Waals surface area contributed by atoms with E-state index in [0.717, 1.165) is 6.42 Å². The predicted octanol–water partition coefficient (Wildman–Crippen LogP) is 4.13. The summed E-state index contributed by atoms with van der Waals surface area (Å²) in [6.45, 7) is 0. The van der Waals surface area contributed by atoms with Gasteiger partial charge in [0.25, 0.3) is 0 Å². The Hall–Kier alpha value is -2.55. The smallest absolute Gasteiger partial charge is 0.167 e. The molecule has 2 unspecified atom stereocenters. The summed E-state index contributed by atoms with van der Waals surface area (Å²) < 4.78 is 0. The van der Waals surface area contributed by atoms with Crippen LogP contribution in [-0.2, 0) is 4.79 Å². The van der Waals surface area contributed by atoms with E-state index < -0.39 is 5.92 Å². The van der Waals surface area contributed by atoms with Gasteiger partial charge in [0.05, 0.1) is 0 Å². The lowest BCUT2D eigenvalue weighted by atomic mass is 9.80. The molecule has 1 aliphatic rings. The van der Waals surface area contributed by atoms with E-state index in [2.05, 4.69) is 0 Å². The Morgan fingerprint density at radius 2 is 1.50 bits per heavy atom. The number of Topliss-reactive ketones (excluding diaryl/α,β-unsaturated/α-hetero) is 3. The van der Waals surface area contributed by atoms with Crippen molar-refractivity contribution in [2.45, 2.75) is 25.7 Å². The summed E-state index contributed by atoms with van der Waals surface area (Å²) in [5.74, 6) is -0.949. The van der Waals surface area contributed by atoms with Crippen molar-refractivity contribution < 1.29 is 14.4 Å². The minimum atomic E-state index is -0.560. The first-order valence-electron chi connectivity index (χ1n) is 8.37. The largest absolute Gasteiger partial charge is 0.299 e. The van der Waals surface area contributed by atoms with E-state index in [9.17, 15) is 14.4 Å². The van der Waals surface area contributed by atoms with Crippen LogP contribution in [0.2, 0.25) is 0 Å². The van der Waals surface area contributed by atoms with Crippen LogP contribution in [-0.4, -0.2) is 17.3 Å². The van der Waals surface area contributed by atoms with Crippen LogP contribution in [0.1, 0.15) is 46.4 Å². The molecule has 3 nitrogen and oxygen atoms in total. The van der Waals surface area contributed by atoms with Crippen LogP contribution in [0.3, 0.4) is 0 Å². The van der Waals surface area contributed by atoms with E-state index in [4.69, 9.17) is 0 Å². The standard InChI is InChI=1S/C21H20O3/c22-19-13-7-12-17(19)18(21(24)16-10-5-2-6-11-16)14-20(23)15-8-3-1-4-9-15/h1-6,8-11,17-18H,7,12-14H2. The first-order chi connectivity index (χ1) is 11.7. The predicted molar refractivity (Wildman–Crippen MR) is 92.0 cm³/mol. The molecule has 0 radical (unpaired) electrons. The number of ketones is 3. The third-order valence-electron chi connectivity index (χ3n) is 4.73. The third kappa shape index (κ3) is 3.51. The number of benzene rings is 2. The second kappa shape index (κ2) is 7.35. The third-order valence-corrected chi connectivity index (χ3v) is 4.73. The van der Waals surface area contributed by atoms with Gasteiger partial charge < -0.3 is 0 Å². The maximum Gasteiger partial charge on any atom is 0.167 e. The number of hydrogen-bond acceptors (Lipinski definition) is 3. The van der Waals surface area contributed by atoms with Crippen LogP contribution in [0.4, 0.5) is 0 Å². The Kier molecular flexibility index (Phi) is 4.99. The first-order valence-corrected chi connectivity index (χ1v) is 8.37. The van der Waals surface area contributed by atoms with Crippen LogP contribution < -0.4 is 0 Å². The lowest BCUT2D eigenvalue weighted by molar-refractivity contribution is -0.121.